The number of halogens is 2. The Morgan fingerprint density at radius 3 is 2.43 bits per heavy atom. The Kier molecular flexibility index (Phi) is 6.87. The van der Waals surface area contributed by atoms with Crippen LogP contribution in [0.4, 0.5) is 15.8 Å². The Bertz CT molecular complexity index is 958. The maximum atomic E-state index is 13.1. The Balaban J connectivity index is 1.38. The van der Waals surface area contributed by atoms with Crippen molar-refractivity contribution in [2.75, 3.05) is 36.5 Å². The first-order valence-corrected chi connectivity index (χ1v) is 10.8. The van der Waals surface area contributed by atoms with Gasteiger partial charge in [-0.15, -0.1) is 0 Å². The van der Waals surface area contributed by atoms with Crippen LogP contribution in [0.25, 0.3) is 0 Å². The molecule has 156 valence electrons. The quantitative estimate of drug-likeness (QED) is 0.486. The summed E-state index contributed by atoms with van der Waals surface area (Å²) in [4.78, 5) is 2.34. The first-order chi connectivity index (χ1) is 14.7. The van der Waals surface area contributed by atoms with Crippen molar-refractivity contribution in [2.24, 2.45) is 0 Å². The van der Waals surface area contributed by atoms with Crippen molar-refractivity contribution >= 4 is 27.3 Å². The minimum Gasteiger partial charge on any atom is -0.489 e. The van der Waals surface area contributed by atoms with Crippen LogP contribution in [0, 0.1) is 5.82 Å². The average Bonchev–Trinajstić information content (AvgIpc) is 2.79. The summed E-state index contributed by atoms with van der Waals surface area (Å²) in [6.07, 6.45) is 0. The highest BCUT2D eigenvalue weighted by molar-refractivity contribution is 9.10. The topological polar surface area (TPSA) is 33.7 Å². The largest absolute Gasteiger partial charge is 0.489 e. The third-order valence-corrected chi connectivity index (χ3v) is 5.55. The standard InChI is InChI=1S/C24H24BrFN2O2/c25-20-3-10-24(30-17-18-1-4-21(26)5-2-18)19(15-20)16-27-22-6-8-23(9-7-22)28-11-13-29-14-12-28/h1-10,15,27H,11-14,16-17H2. The van der Waals surface area contributed by atoms with Crippen LogP contribution in [-0.2, 0) is 17.9 Å². The molecule has 4 rings (SSSR count). The molecule has 4 nitrogen and oxygen atoms in total. The minimum absolute atomic E-state index is 0.244. The van der Waals surface area contributed by atoms with E-state index in [1.165, 1.54) is 17.8 Å². The zero-order chi connectivity index (χ0) is 20.8. The molecule has 1 fully saturated rings. The Hall–Kier alpha value is -2.57. The highest BCUT2D eigenvalue weighted by atomic mass is 79.9. The third-order valence-electron chi connectivity index (χ3n) is 5.06. The molecule has 0 saturated carbocycles. The number of morpholine rings is 1. The predicted molar refractivity (Wildman–Crippen MR) is 122 cm³/mol. The molecule has 0 atom stereocenters. The van der Waals surface area contributed by atoms with Crippen molar-refractivity contribution < 1.29 is 13.9 Å². The fourth-order valence-electron chi connectivity index (χ4n) is 3.38. The van der Waals surface area contributed by atoms with Crippen LogP contribution in [0.2, 0.25) is 0 Å². The summed E-state index contributed by atoms with van der Waals surface area (Å²) >= 11 is 3.54. The fourth-order valence-corrected chi connectivity index (χ4v) is 3.79. The van der Waals surface area contributed by atoms with Gasteiger partial charge in [0.1, 0.15) is 18.2 Å². The van der Waals surface area contributed by atoms with Gasteiger partial charge in [0.2, 0.25) is 0 Å². The summed E-state index contributed by atoms with van der Waals surface area (Å²) in [5.74, 6) is 0.562. The summed E-state index contributed by atoms with van der Waals surface area (Å²) in [5, 5.41) is 3.47. The molecule has 1 aliphatic heterocycles. The number of nitrogens with zero attached hydrogens (tertiary/aromatic N) is 1. The molecule has 0 bridgehead atoms. The highest BCUT2D eigenvalue weighted by Crippen LogP contribution is 2.26. The van der Waals surface area contributed by atoms with Gasteiger partial charge in [0.25, 0.3) is 0 Å². The predicted octanol–water partition coefficient (Wildman–Crippen LogP) is 5.62. The average molecular weight is 471 g/mol. The maximum Gasteiger partial charge on any atom is 0.124 e. The molecule has 6 heteroatoms. The van der Waals surface area contributed by atoms with Gasteiger partial charge in [0.15, 0.2) is 0 Å². The summed E-state index contributed by atoms with van der Waals surface area (Å²) in [6, 6.07) is 20.8. The Labute approximate surface area is 184 Å². The van der Waals surface area contributed by atoms with Gasteiger partial charge in [-0.25, -0.2) is 4.39 Å². The SMILES string of the molecule is Fc1ccc(COc2ccc(Br)cc2CNc2ccc(N3CCOCC3)cc2)cc1. The van der Waals surface area contributed by atoms with Crippen molar-refractivity contribution in [3.8, 4) is 5.75 Å². The number of rotatable bonds is 7. The zero-order valence-corrected chi connectivity index (χ0v) is 18.2. The third kappa shape index (κ3) is 5.52. The van der Waals surface area contributed by atoms with Gasteiger partial charge in [-0.05, 0) is 60.2 Å². The molecule has 1 aliphatic rings. The van der Waals surface area contributed by atoms with E-state index in [9.17, 15) is 4.39 Å². The monoisotopic (exact) mass is 470 g/mol. The van der Waals surface area contributed by atoms with E-state index < -0.39 is 0 Å². The number of hydrogen-bond donors (Lipinski definition) is 1. The molecule has 3 aromatic carbocycles. The van der Waals surface area contributed by atoms with Crippen molar-refractivity contribution in [1.29, 1.82) is 0 Å². The fraction of sp³-hybridized carbons (Fsp3) is 0.250. The van der Waals surface area contributed by atoms with E-state index in [0.29, 0.717) is 13.2 Å². The highest BCUT2D eigenvalue weighted by Gasteiger charge is 2.11. The lowest BCUT2D eigenvalue weighted by molar-refractivity contribution is 0.122. The first-order valence-electron chi connectivity index (χ1n) is 10.00. The normalized spacial score (nSPS) is 13.9. The number of benzene rings is 3. The number of hydrogen-bond acceptors (Lipinski definition) is 4. The molecule has 1 N–H and O–H groups in total. The molecule has 0 aromatic heterocycles. The second-order valence-electron chi connectivity index (χ2n) is 7.17. The Morgan fingerprint density at radius 1 is 0.967 bits per heavy atom. The second-order valence-corrected chi connectivity index (χ2v) is 8.08. The molecule has 1 saturated heterocycles. The molecule has 0 amide bonds. The maximum absolute atomic E-state index is 13.1. The van der Waals surface area contributed by atoms with Crippen LogP contribution in [0.15, 0.2) is 71.2 Å². The molecular weight excluding hydrogens is 447 g/mol. The first kappa shape index (κ1) is 20.7. The van der Waals surface area contributed by atoms with E-state index in [-0.39, 0.29) is 5.82 Å². The van der Waals surface area contributed by atoms with Crippen LogP contribution in [0.5, 0.6) is 5.75 Å². The van der Waals surface area contributed by atoms with E-state index in [0.717, 1.165) is 53.3 Å². The summed E-state index contributed by atoms with van der Waals surface area (Å²) in [5.41, 5.74) is 4.24. The molecule has 30 heavy (non-hydrogen) atoms. The summed E-state index contributed by atoms with van der Waals surface area (Å²) in [6.45, 7) is 4.45. The van der Waals surface area contributed by atoms with Gasteiger partial charge in [-0.2, -0.15) is 0 Å². The van der Waals surface area contributed by atoms with E-state index in [1.54, 1.807) is 12.1 Å². The van der Waals surface area contributed by atoms with E-state index in [1.807, 2.05) is 12.1 Å². The van der Waals surface area contributed by atoms with Crippen LogP contribution >= 0.6 is 15.9 Å². The van der Waals surface area contributed by atoms with Gasteiger partial charge in [-0.3, -0.25) is 0 Å². The Morgan fingerprint density at radius 2 is 1.70 bits per heavy atom. The zero-order valence-electron chi connectivity index (χ0n) is 16.6. The van der Waals surface area contributed by atoms with Crippen LogP contribution in [0.1, 0.15) is 11.1 Å². The van der Waals surface area contributed by atoms with Gasteiger partial charge >= 0.3 is 0 Å². The van der Waals surface area contributed by atoms with Gasteiger partial charge < -0.3 is 19.7 Å². The van der Waals surface area contributed by atoms with Gasteiger partial charge in [0, 0.05) is 41.0 Å². The molecule has 0 aliphatic carbocycles. The summed E-state index contributed by atoms with van der Waals surface area (Å²) < 4.78 is 25.5. The lowest BCUT2D eigenvalue weighted by Crippen LogP contribution is -2.36. The molecule has 0 spiro atoms. The number of ether oxygens (including phenoxy) is 2. The van der Waals surface area contributed by atoms with Crippen molar-refractivity contribution in [1.82, 2.24) is 0 Å². The number of nitrogens with one attached hydrogen (secondary N) is 1. The lowest BCUT2D eigenvalue weighted by Gasteiger charge is -2.29. The van der Waals surface area contributed by atoms with Gasteiger partial charge in [-0.1, -0.05) is 28.1 Å². The summed E-state index contributed by atoms with van der Waals surface area (Å²) in [7, 11) is 0. The molecule has 0 radical (unpaired) electrons. The molecule has 1 heterocycles. The van der Waals surface area contributed by atoms with Crippen LogP contribution in [-0.4, -0.2) is 26.3 Å². The molecule has 3 aromatic rings. The second kappa shape index (κ2) is 9.96. The van der Waals surface area contributed by atoms with E-state index >= 15 is 0 Å². The van der Waals surface area contributed by atoms with Crippen molar-refractivity contribution in [2.45, 2.75) is 13.2 Å². The van der Waals surface area contributed by atoms with Gasteiger partial charge in [0.05, 0.1) is 13.2 Å². The minimum atomic E-state index is -0.244. The molecule has 0 unspecified atom stereocenters. The van der Waals surface area contributed by atoms with Crippen LogP contribution < -0.4 is 15.0 Å². The van der Waals surface area contributed by atoms with Crippen molar-refractivity contribution in [3.63, 3.8) is 0 Å². The smallest absolute Gasteiger partial charge is 0.124 e. The van der Waals surface area contributed by atoms with Crippen molar-refractivity contribution in [3.05, 3.63) is 88.1 Å². The van der Waals surface area contributed by atoms with E-state index in [2.05, 4.69) is 56.5 Å². The molecular formula is C24H24BrFN2O2. The van der Waals surface area contributed by atoms with Crippen LogP contribution in [0.3, 0.4) is 0 Å². The van der Waals surface area contributed by atoms with E-state index in [4.69, 9.17) is 9.47 Å². The lowest BCUT2D eigenvalue weighted by atomic mass is 10.2. The number of anilines is 2.